The zero-order valence-electron chi connectivity index (χ0n) is 16.2. The first-order chi connectivity index (χ1) is 12.2. The molecule has 0 radical (unpaired) electrons. The number of allylic oxidation sites excluding steroid dienone is 3. The maximum atomic E-state index is 14.6. The van der Waals surface area contributed by atoms with Crippen LogP contribution in [-0.4, -0.2) is 0 Å². The van der Waals surface area contributed by atoms with E-state index in [0.29, 0.717) is 5.92 Å². The molecule has 0 unspecified atom stereocenters. The molecule has 0 atom stereocenters. The van der Waals surface area contributed by atoms with Gasteiger partial charge in [0.1, 0.15) is 5.82 Å². The molecule has 0 aliphatic heterocycles. The first-order valence-corrected chi connectivity index (χ1v) is 10.3. The Morgan fingerprint density at radius 3 is 2.44 bits per heavy atom. The summed E-state index contributed by atoms with van der Waals surface area (Å²) in [4.78, 5) is 0. The van der Waals surface area contributed by atoms with Crippen molar-refractivity contribution < 1.29 is 4.39 Å². The lowest BCUT2D eigenvalue weighted by Gasteiger charge is -2.29. The molecule has 1 heteroatoms. The van der Waals surface area contributed by atoms with Crippen LogP contribution in [0.2, 0.25) is 0 Å². The Hall–Kier alpha value is -1.37. The molecular weight excluding hydrogens is 307 g/mol. The fraction of sp³-hybridized carbons (Fsp3) is 0.583. The monoisotopic (exact) mass is 342 g/mol. The summed E-state index contributed by atoms with van der Waals surface area (Å²) in [5, 5.41) is 0. The van der Waals surface area contributed by atoms with E-state index in [1.165, 1.54) is 51.4 Å². The highest BCUT2D eigenvalue weighted by molar-refractivity contribution is 5.73. The van der Waals surface area contributed by atoms with E-state index in [1.807, 2.05) is 19.1 Å². The van der Waals surface area contributed by atoms with Gasteiger partial charge in [-0.3, -0.25) is 0 Å². The lowest BCUT2D eigenvalue weighted by molar-refractivity contribution is 0.298. The lowest BCUT2D eigenvalue weighted by Crippen LogP contribution is -2.14. The van der Waals surface area contributed by atoms with Crippen molar-refractivity contribution in [1.82, 2.24) is 0 Å². The van der Waals surface area contributed by atoms with Gasteiger partial charge in [-0.25, -0.2) is 4.39 Å². The summed E-state index contributed by atoms with van der Waals surface area (Å²) in [6, 6.07) is 5.74. The van der Waals surface area contributed by atoms with E-state index in [2.05, 4.69) is 19.6 Å². The Morgan fingerprint density at radius 1 is 1.12 bits per heavy atom. The molecule has 0 amide bonds. The molecule has 0 aromatic heterocycles. The molecule has 1 aromatic rings. The van der Waals surface area contributed by atoms with Gasteiger partial charge >= 0.3 is 0 Å². The molecule has 1 fully saturated rings. The highest BCUT2D eigenvalue weighted by Crippen LogP contribution is 2.39. The third-order valence-electron chi connectivity index (χ3n) is 5.87. The number of benzene rings is 1. The summed E-state index contributed by atoms with van der Waals surface area (Å²) in [5.74, 6) is 1.24. The van der Waals surface area contributed by atoms with Crippen molar-refractivity contribution in [1.29, 1.82) is 0 Å². The van der Waals surface area contributed by atoms with E-state index >= 15 is 0 Å². The number of hydrogen-bond donors (Lipinski definition) is 0. The Labute approximate surface area is 154 Å². The maximum Gasteiger partial charge on any atom is 0.127 e. The predicted molar refractivity (Wildman–Crippen MR) is 108 cm³/mol. The molecule has 1 saturated carbocycles. The molecule has 0 nitrogen and oxygen atoms in total. The second kappa shape index (κ2) is 10.6. The molecule has 0 spiro atoms. The van der Waals surface area contributed by atoms with Crippen molar-refractivity contribution in [3.8, 4) is 0 Å². The van der Waals surface area contributed by atoms with E-state index in [9.17, 15) is 4.39 Å². The van der Waals surface area contributed by atoms with Crippen LogP contribution >= 0.6 is 0 Å². The summed E-state index contributed by atoms with van der Waals surface area (Å²) in [6.45, 7) is 8.04. The SMILES string of the molecule is C=C/C(=C\C)c1ccc(C2CCC(CCCCCCC)CC2)c(F)c1. The Morgan fingerprint density at radius 2 is 1.84 bits per heavy atom. The third kappa shape index (κ3) is 5.83. The molecule has 1 aliphatic rings. The van der Waals surface area contributed by atoms with Crippen molar-refractivity contribution in [2.24, 2.45) is 5.92 Å². The molecule has 0 saturated heterocycles. The van der Waals surface area contributed by atoms with Gasteiger partial charge in [0.2, 0.25) is 0 Å². The van der Waals surface area contributed by atoms with Crippen LogP contribution in [0.5, 0.6) is 0 Å². The number of halogens is 1. The second-order valence-electron chi connectivity index (χ2n) is 7.60. The van der Waals surface area contributed by atoms with Gasteiger partial charge in [0.15, 0.2) is 0 Å². The second-order valence-corrected chi connectivity index (χ2v) is 7.60. The van der Waals surface area contributed by atoms with Crippen molar-refractivity contribution in [3.63, 3.8) is 0 Å². The van der Waals surface area contributed by atoms with Crippen LogP contribution in [0, 0.1) is 11.7 Å². The van der Waals surface area contributed by atoms with Gasteiger partial charge < -0.3 is 0 Å². The fourth-order valence-electron chi connectivity index (χ4n) is 4.24. The van der Waals surface area contributed by atoms with E-state index in [-0.39, 0.29) is 5.82 Å². The van der Waals surface area contributed by atoms with Crippen LogP contribution in [0.3, 0.4) is 0 Å². The topological polar surface area (TPSA) is 0 Å². The molecule has 138 valence electrons. The van der Waals surface area contributed by atoms with Crippen LogP contribution in [-0.2, 0) is 0 Å². The molecule has 25 heavy (non-hydrogen) atoms. The van der Waals surface area contributed by atoms with E-state index in [1.54, 1.807) is 12.1 Å². The van der Waals surface area contributed by atoms with Gasteiger partial charge in [-0.2, -0.15) is 0 Å². The summed E-state index contributed by atoms with van der Waals surface area (Å²) in [7, 11) is 0. The van der Waals surface area contributed by atoms with Crippen LogP contribution in [0.25, 0.3) is 5.57 Å². The minimum atomic E-state index is -0.0401. The van der Waals surface area contributed by atoms with Gasteiger partial charge in [-0.05, 0) is 67.2 Å². The molecule has 1 aliphatic carbocycles. The van der Waals surface area contributed by atoms with Crippen molar-refractivity contribution in [2.45, 2.75) is 84.0 Å². The maximum absolute atomic E-state index is 14.6. The van der Waals surface area contributed by atoms with Gasteiger partial charge in [-0.15, -0.1) is 0 Å². The molecule has 1 aromatic carbocycles. The molecular formula is C24H35F. The number of rotatable bonds is 9. The Balaban J connectivity index is 1.85. The predicted octanol–water partition coefficient (Wildman–Crippen LogP) is 8.05. The normalized spacial score (nSPS) is 21.3. The average Bonchev–Trinajstić information content (AvgIpc) is 2.63. The summed E-state index contributed by atoms with van der Waals surface area (Å²) in [5.41, 5.74) is 2.85. The van der Waals surface area contributed by atoms with Crippen LogP contribution in [0.1, 0.15) is 95.1 Å². The highest BCUT2D eigenvalue weighted by atomic mass is 19.1. The Kier molecular flexibility index (Phi) is 8.44. The van der Waals surface area contributed by atoms with E-state index in [0.717, 1.165) is 35.5 Å². The third-order valence-corrected chi connectivity index (χ3v) is 5.87. The molecule has 0 N–H and O–H groups in total. The van der Waals surface area contributed by atoms with Crippen molar-refractivity contribution in [3.05, 3.63) is 53.9 Å². The fourth-order valence-corrected chi connectivity index (χ4v) is 4.24. The van der Waals surface area contributed by atoms with Crippen molar-refractivity contribution in [2.75, 3.05) is 0 Å². The largest absolute Gasteiger partial charge is 0.207 e. The zero-order valence-corrected chi connectivity index (χ0v) is 16.2. The van der Waals surface area contributed by atoms with Gasteiger partial charge in [-0.1, -0.05) is 76.3 Å². The zero-order chi connectivity index (χ0) is 18.1. The lowest BCUT2D eigenvalue weighted by atomic mass is 9.76. The van der Waals surface area contributed by atoms with Crippen LogP contribution < -0.4 is 0 Å². The van der Waals surface area contributed by atoms with Crippen molar-refractivity contribution >= 4 is 5.57 Å². The summed E-state index contributed by atoms with van der Waals surface area (Å²) in [6.07, 6.45) is 16.8. The quantitative estimate of drug-likeness (QED) is 0.314. The Bertz CT molecular complexity index is 561. The molecule has 0 bridgehead atoms. The first kappa shape index (κ1) is 19.9. The minimum Gasteiger partial charge on any atom is -0.207 e. The standard InChI is InChI=1S/C24H35F/c1-4-7-8-9-10-11-19-12-14-21(15-13-19)23-17-16-22(18-24(23)25)20(5-2)6-3/h5-6,16-19,21H,2,4,7-15H2,1,3H3/b20-6+. The molecule has 0 heterocycles. The summed E-state index contributed by atoms with van der Waals surface area (Å²) >= 11 is 0. The van der Waals surface area contributed by atoms with E-state index < -0.39 is 0 Å². The first-order valence-electron chi connectivity index (χ1n) is 10.3. The van der Waals surface area contributed by atoms with Gasteiger partial charge in [0, 0.05) is 0 Å². The van der Waals surface area contributed by atoms with Crippen LogP contribution in [0.4, 0.5) is 4.39 Å². The van der Waals surface area contributed by atoms with E-state index in [4.69, 9.17) is 0 Å². The molecule has 2 rings (SSSR count). The smallest absolute Gasteiger partial charge is 0.127 e. The van der Waals surface area contributed by atoms with Crippen LogP contribution in [0.15, 0.2) is 36.9 Å². The van der Waals surface area contributed by atoms with Gasteiger partial charge in [0.05, 0.1) is 0 Å². The number of hydrogen-bond acceptors (Lipinski definition) is 0. The number of unbranched alkanes of at least 4 members (excludes halogenated alkanes) is 4. The minimum absolute atomic E-state index is 0.0401. The highest BCUT2D eigenvalue weighted by Gasteiger charge is 2.24. The van der Waals surface area contributed by atoms with Gasteiger partial charge in [0.25, 0.3) is 0 Å². The summed E-state index contributed by atoms with van der Waals surface area (Å²) < 4.78 is 14.6. The average molecular weight is 343 g/mol.